The number of benzene rings is 15. The Morgan fingerprint density at radius 1 is 0.261 bits per heavy atom. The molecule has 0 amide bonds. The van der Waals surface area contributed by atoms with Crippen LogP contribution in [0, 0.1) is 33.5 Å². The molecule has 744 valence electrons. The van der Waals surface area contributed by atoms with Gasteiger partial charge < -0.3 is 92.2 Å². The molecule has 9 unspecified atom stereocenters. The summed E-state index contributed by atoms with van der Waals surface area (Å²) in [7, 11) is 13.5. The number of aryl methyl sites for hydroxylation is 4. The van der Waals surface area contributed by atoms with E-state index < -0.39 is 18.3 Å². The summed E-state index contributed by atoms with van der Waals surface area (Å²) in [6, 6.07) is 106. The molecule has 15 aromatic rings. The molecular formula is C116H129FO19P6. The van der Waals surface area contributed by atoms with Crippen LogP contribution in [0.1, 0.15) is 111 Å². The Morgan fingerprint density at radius 3 is 1.17 bits per heavy atom. The zero-order valence-electron chi connectivity index (χ0n) is 82.6. The van der Waals surface area contributed by atoms with Crippen molar-refractivity contribution in [3.05, 3.63) is 406 Å². The lowest BCUT2D eigenvalue weighted by molar-refractivity contribution is 0.0513. The summed E-state index contributed by atoms with van der Waals surface area (Å²) in [6.07, 6.45) is -1.41. The smallest absolute Gasteiger partial charge is 0.188 e. The standard InChI is InChI=1S/C22H22FO4P.2C22H23O3P.2C17H21O3P.C16H19O3P/c1-25-18-11-19(26-2)22(27-14-15-6-4-3-5-7-15)21(12-18)28-20-9-8-17(23)10-16(20)13-24;1-16-8-6-11-18(14-23)22(16)26-20-13-7-12-19(24-2)21(20)25-15-17-9-4-3-5-10-17;1-16-8-11-21(18(12-16)14-23)26-22-13-19(24-2)9-10-20(22)25-15-17-6-4-3-5-7-17;1-12-7-6-10-16(17(12)20-11-19-3)21-15-9-5-4-8-14(15)13(2)18;1-12-8-9-15(20-11-19-3)17(10-12)21-16-7-5-4-6-14(16)13(2)18;1-12(17)13-7-3-5-9-15(13)20-16-10-6-4-8-14(16)19-11-18-2/h3-12,24,28H,13-14H2,1-2H3;2*3-13,23,26H,14-15H2,1-2H3;2*4-10,13,18,21H,11H2,1-3H3;3-10,12,17,20H,11H2,1-2H3. The number of hydrogen-bond acceptors (Lipinski definition) is 19. The van der Waals surface area contributed by atoms with Gasteiger partial charge in [-0.15, -0.1) is 0 Å². The average Bonchev–Trinajstić information content (AvgIpc) is 0.853. The first-order chi connectivity index (χ1) is 69.0. The fourth-order valence-corrected chi connectivity index (χ4v) is 22.8. The highest BCUT2D eigenvalue weighted by Crippen LogP contribution is 2.38. The van der Waals surface area contributed by atoms with Crippen molar-refractivity contribution >= 4 is 115 Å². The van der Waals surface area contributed by atoms with E-state index in [0.717, 1.165) is 160 Å². The van der Waals surface area contributed by atoms with Crippen molar-refractivity contribution < 1.29 is 96.6 Å². The molecule has 0 spiro atoms. The molecule has 0 radical (unpaired) electrons. The Morgan fingerprint density at radius 2 is 0.641 bits per heavy atom. The number of halogens is 1. The third-order valence-corrected chi connectivity index (χ3v) is 30.4. The number of hydrogen-bond donors (Lipinski definition) is 6. The van der Waals surface area contributed by atoms with Crippen LogP contribution in [0.3, 0.4) is 0 Å². The fourth-order valence-electron chi connectivity index (χ4n) is 14.5. The van der Waals surface area contributed by atoms with Crippen molar-refractivity contribution in [3.8, 4) is 57.5 Å². The lowest BCUT2D eigenvalue weighted by Gasteiger charge is -2.18. The van der Waals surface area contributed by atoms with Crippen LogP contribution in [0.15, 0.2) is 328 Å². The largest absolute Gasteiger partial charge is 0.497 e. The Kier molecular flexibility index (Phi) is 48.1. The molecule has 0 aliphatic carbocycles. The topological polar surface area (TPSA) is 241 Å². The molecule has 0 aliphatic heterocycles. The van der Waals surface area contributed by atoms with Gasteiger partial charge in [-0.1, -0.05) is 323 Å². The van der Waals surface area contributed by atoms with E-state index in [9.17, 15) is 35.0 Å². The third-order valence-electron chi connectivity index (χ3n) is 21.8. The van der Waals surface area contributed by atoms with Gasteiger partial charge in [0.25, 0.3) is 0 Å². The summed E-state index contributed by atoms with van der Waals surface area (Å²) < 4.78 is 85.6. The molecular weight excluding hydrogens is 1900 g/mol. The fraction of sp³-hybridized carbons (Fsp3) is 0.224. The molecule has 0 aromatic heterocycles. The zero-order chi connectivity index (χ0) is 101. The van der Waals surface area contributed by atoms with E-state index in [2.05, 4.69) is 74.5 Å². The van der Waals surface area contributed by atoms with Crippen LogP contribution in [0.5, 0.6) is 57.5 Å². The Hall–Kier alpha value is -11.6. The Balaban J connectivity index is 0.000000176. The maximum Gasteiger partial charge on any atom is 0.188 e. The van der Waals surface area contributed by atoms with Gasteiger partial charge >= 0.3 is 0 Å². The predicted molar refractivity (Wildman–Crippen MR) is 587 cm³/mol. The van der Waals surface area contributed by atoms with E-state index in [0.29, 0.717) is 85.5 Å². The molecule has 0 aliphatic rings. The van der Waals surface area contributed by atoms with Gasteiger partial charge in [-0.25, -0.2) is 4.39 Å². The van der Waals surface area contributed by atoms with Crippen molar-refractivity contribution in [3.63, 3.8) is 0 Å². The minimum atomic E-state index is -0.471. The zero-order valence-corrected chi connectivity index (χ0v) is 88.6. The van der Waals surface area contributed by atoms with Gasteiger partial charge in [0.15, 0.2) is 43.4 Å². The molecule has 19 nitrogen and oxygen atoms in total. The molecule has 142 heavy (non-hydrogen) atoms. The second-order valence-electron chi connectivity index (χ2n) is 32.4. The molecule has 6 N–H and O–H groups in total. The van der Waals surface area contributed by atoms with Crippen LogP contribution in [0.2, 0.25) is 0 Å². The van der Waals surface area contributed by atoms with E-state index >= 15 is 0 Å². The van der Waals surface area contributed by atoms with Crippen molar-refractivity contribution in [1.29, 1.82) is 0 Å². The molecule has 26 heteroatoms. The van der Waals surface area contributed by atoms with E-state index in [-0.39, 0.29) is 54.6 Å². The second kappa shape index (κ2) is 60.8. The van der Waals surface area contributed by atoms with Gasteiger partial charge in [-0.3, -0.25) is 0 Å². The number of rotatable bonds is 40. The van der Waals surface area contributed by atoms with Gasteiger partial charge in [0.1, 0.15) is 60.1 Å². The summed E-state index contributed by atoms with van der Waals surface area (Å²) in [5.74, 6) is 7.11. The first-order valence-corrected chi connectivity index (χ1v) is 52.0. The predicted octanol–water partition coefficient (Wildman–Crippen LogP) is 18.6. The van der Waals surface area contributed by atoms with Crippen LogP contribution in [-0.4, -0.2) is 101 Å². The number of para-hydroxylation sites is 3. The van der Waals surface area contributed by atoms with Gasteiger partial charge in [0, 0.05) is 59.2 Å². The van der Waals surface area contributed by atoms with Crippen LogP contribution < -0.4 is 111 Å². The monoisotopic (exact) mass is 2030 g/mol. The van der Waals surface area contributed by atoms with E-state index in [1.54, 1.807) is 82.7 Å². The molecule has 0 heterocycles. The summed E-state index contributed by atoms with van der Waals surface area (Å²) in [5.41, 5.74) is 13.2. The maximum atomic E-state index is 13.5. The lowest BCUT2D eigenvalue weighted by atomic mass is 10.1. The lowest BCUT2D eigenvalue weighted by Crippen LogP contribution is -2.15. The maximum absolute atomic E-state index is 13.5. The van der Waals surface area contributed by atoms with Crippen LogP contribution in [-0.2, 0) is 53.9 Å². The van der Waals surface area contributed by atoms with E-state index in [4.69, 9.17) is 61.6 Å². The van der Waals surface area contributed by atoms with Crippen molar-refractivity contribution in [1.82, 2.24) is 0 Å². The van der Waals surface area contributed by atoms with Crippen molar-refractivity contribution in [2.45, 2.75) is 106 Å². The Labute approximate surface area is 846 Å². The highest BCUT2D eigenvalue weighted by molar-refractivity contribution is 7.57. The van der Waals surface area contributed by atoms with E-state index in [1.165, 1.54) is 23.3 Å². The van der Waals surface area contributed by atoms with Crippen molar-refractivity contribution in [2.24, 2.45) is 0 Å². The molecule has 15 rings (SSSR count). The second-order valence-corrected chi connectivity index (χ2v) is 40.3. The van der Waals surface area contributed by atoms with Crippen LogP contribution >= 0.6 is 51.5 Å². The first-order valence-electron chi connectivity index (χ1n) is 46.0. The summed E-state index contributed by atoms with van der Waals surface area (Å²) in [5, 5.41) is 71.5. The van der Waals surface area contributed by atoms with Crippen LogP contribution in [0.25, 0.3) is 0 Å². The van der Waals surface area contributed by atoms with Gasteiger partial charge in [0.05, 0.1) is 66.6 Å². The molecule has 9 atom stereocenters. The van der Waals surface area contributed by atoms with Crippen molar-refractivity contribution in [2.75, 3.05) is 70.1 Å². The van der Waals surface area contributed by atoms with Gasteiger partial charge in [-0.05, 0) is 202 Å². The number of aliphatic hydroxyl groups is 6. The normalized spacial score (nSPS) is 11.8. The first kappa shape index (κ1) is 112. The van der Waals surface area contributed by atoms with Gasteiger partial charge in [0.2, 0.25) is 0 Å². The third kappa shape index (κ3) is 35.2. The van der Waals surface area contributed by atoms with Crippen LogP contribution in [0.4, 0.5) is 4.39 Å². The molecule has 0 bridgehead atoms. The quantitative estimate of drug-likeness (QED) is 0.0154. The average molecular weight is 2030 g/mol. The number of aliphatic hydroxyl groups excluding tert-OH is 6. The molecule has 0 saturated carbocycles. The number of methoxy groups -OCH3 is 7. The highest BCUT2D eigenvalue weighted by atomic mass is 31.1. The summed E-state index contributed by atoms with van der Waals surface area (Å²) >= 11 is 0. The minimum absolute atomic E-state index is 0.0359. The minimum Gasteiger partial charge on any atom is -0.497 e. The molecule has 15 aromatic carbocycles. The number of ether oxygens (including phenoxy) is 13. The molecule has 0 saturated heterocycles. The van der Waals surface area contributed by atoms with E-state index in [1.807, 2.05) is 257 Å². The Bertz CT molecular complexity index is 6310. The van der Waals surface area contributed by atoms with Gasteiger partial charge in [-0.2, -0.15) is 0 Å². The summed E-state index contributed by atoms with van der Waals surface area (Å²) in [6.45, 7) is 15.5. The molecule has 0 fully saturated rings. The highest BCUT2D eigenvalue weighted by Gasteiger charge is 2.22. The SMILES string of the molecule is COCOc1c(C)cccc1Pc1ccccc1C(C)O.COCOc1ccc(C)cc1Pc1ccccc1C(C)O.COCOc1ccccc1Pc1ccccc1C(C)O.COc1cc(OC)c(OCc2ccccc2)c(Pc2ccc(F)cc2CO)c1.COc1ccc(OCc2ccccc2)c(Pc2ccc(C)cc2CO)c1.COc1cccc(Pc2c(C)cccc2CO)c1OCc1ccccc1. The summed E-state index contributed by atoms with van der Waals surface area (Å²) in [4.78, 5) is 0.